The molecule has 0 radical (unpaired) electrons. The second kappa shape index (κ2) is 9.14. The van der Waals surface area contributed by atoms with Crippen molar-refractivity contribution in [1.82, 2.24) is 5.32 Å². The Morgan fingerprint density at radius 2 is 2.04 bits per heavy atom. The molecule has 0 amide bonds. The first kappa shape index (κ1) is 18.1. The average Bonchev–Trinajstić information content (AvgIpc) is 2.99. The number of benzene rings is 1. The van der Waals surface area contributed by atoms with Gasteiger partial charge in [-0.1, -0.05) is 26.2 Å². The summed E-state index contributed by atoms with van der Waals surface area (Å²) in [5.74, 6) is 1.13. The largest absolute Gasteiger partial charge is 0.454 e. The lowest BCUT2D eigenvalue weighted by Gasteiger charge is -2.11. The quantitative estimate of drug-likeness (QED) is 0.409. The van der Waals surface area contributed by atoms with Gasteiger partial charge in [-0.25, -0.2) is 4.99 Å². The lowest BCUT2D eigenvalue weighted by Crippen LogP contribution is -2.32. The van der Waals surface area contributed by atoms with Gasteiger partial charge in [0.2, 0.25) is 6.79 Å². The van der Waals surface area contributed by atoms with E-state index in [1.165, 1.54) is 18.9 Å². The number of guanidine groups is 1. The monoisotopic (exact) mass is 343 g/mol. The van der Waals surface area contributed by atoms with E-state index in [2.05, 4.69) is 22.0 Å². The van der Waals surface area contributed by atoms with Gasteiger partial charge in [0.15, 0.2) is 17.5 Å². The molecule has 0 atom stereocenters. The number of nitrogens with one attached hydrogen (secondary N) is 1. The molecule has 1 aliphatic rings. The van der Waals surface area contributed by atoms with E-state index in [9.17, 15) is 8.78 Å². The Morgan fingerprint density at radius 3 is 2.75 bits per heavy atom. The molecule has 6 nitrogen and oxygen atoms in total. The Bertz CT molecular complexity index is 568. The molecule has 0 saturated heterocycles. The maximum Gasteiger partial charge on any atom is 0.387 e. The van der Waals surface area contributed by atoms with Crippen LogP contribution in [0.2, 0.25) is 0 Å². The van der Waals surface area contributed by atoms with Gasteiger partial charge in [-0.2, -0.15) is 8.78 Å². The van der Waals surface area contributed by atoms with Crippen LogP contribution in [0, 0.1) is 0 Å². The van der Waals surface area contributed by atoms with Crippen LogP contribution in [0.5, 0.6) is 17.2 Å². The zero-order valence-electron chi connectivity index (χ0n) is 13.7. The number of hydrogen-bond donors (Lipinski definition) is 2. The Balaban J connectivity index is 1.96. The molecule has 0 saturated carbocycles. The van der Waals surface area contributed by atoms with Crippen molar-refractivity contribution in [2.24, 2.45) is 10.7 Å². The molecule has 0 bridgehead atoms. The van der Waals surface area contributed by atoms with Crippen molar-refractivity contribution in [3.8, 4) is 17.2 Å². The van der Waals surface area contributed by atoms with Crippen molar-refractivity contribution >= 4 is 5.96 Å². The summed E-state index contributed by atoms with van der Waals surface area (Å²) in [5.41, 5.74) is 6.25. The van der Waals surface area contributed by atoms with Crippen molar-refractivity contribution in [3.05, 3.63) is 17.7 Å². The van der Waals surface area contributed by atoms with Gasteiger partial charge in [0.1, 0.15) is 5.75 Å². The molecule has 134 valence electrons. The SMILES string of the molecule is CCCCCCNC(N)=NCc1cc2c(cc1OC(F)F)OCO2. The molecule has 1 aromatic carbocycles. The highest BCUT2D eigenvalue weighted by Crippen LogP contribution is 2.38. The van der Waals surface area contributed by atoms with Gasteiger partial charge in [-0.15, -0.1) is 0 Å². The van der Waals surface area contributed by atoms with Crippen molar-refractivity contribution < 1.29 is 23.0 Å². The number of unbranched alkanes of at least 4 members (excludes halogenated alkanes) is 3. The fourth-order valence-electron chi connectivity index (χ4n) is 2.29. The summed E-state index contributed by atoms with van der Waals surface area (Å²) in [4.78, 5) is 4.17. The second-order valence-corrected chi connectivity index (χ2v) is 5.38. The lowest BCUT2D eigenvalue weighted by atomic mass is 10.1. The Labute approximate surface area is 140 Å². The van der Waals surface area contributed by atoms with E-state index in [-0.39, 0.29) is 25.0 Å². The zero-order valence-corrected chi connectivity index (χ0v) is 13.7. The van der Waals surface area contributed by atoms with E-state index in [0.717, 1.165) is 19.4 Å². The number of rotatable bonds is 9. The van der Waals surface area contributed by atoms with Crippen LogP contribution >= 0.6 is 0 Å². The summed E-state index contributed by atoms with van der Waals surface area (Å²) in [6, 6.07) is 2.96. The minimum absolute atomic E-state index is 0.00810. The van der Waals surface area contributed by atoms with Crippen LogP contribution in [0.15, 0.2) is 17.1 Å². The number of nitrogens with two attached hydrogens (primary N) is 1. The Hall–Kier alpha value is -2.25. The summed E-state index contributed by atoms with van der Waals surface area (Å²) < 4.78 is 40.0. The molecule has 24 heavy (non-hydrogen) atoms. The summed E-state index contributed by atoms with van der Waals surface area (Å²) in [5, 5.41) is 3.01. The number of ether oxygens (including phenoxy) is 3. The van der Waals surface area contributed by atoms with Crippen LogP contribution in [-0.4, -0.2) is 25.9 Å². The van der Waals surface area contributed by atoms with E-state index in [1.807, 2.05) is 0 Å². The summed E-state index contributed by atoms with van der Waals surface area (Å²) in [7, 11) is 0. The highest BCUT2D eigenvalue weighted by atomic mass is 19.3. The van der Waals surface area contributed by atoms with Gasteiger partial charge >= 0.3 is 6.61 Å². The smallest absolute Gasteiger partial charge is 0.387 e. The average molecular weight is 343 g/mol. The minimum atomic E-state index is -2.93. The fourth-order valence-corrected chi connectivity index (χ4v) is 2.29. The van der Waals surface area contributed by atoms with Gasteiger partial charge < -0.3 is 25.3 Å². The highest BCUT2D eigenvalue weighted by molar-refractivity contribution is 5.77. The number of aliphatic imine (C=N–C) groups is 1. The first-order valence-electron chi connectivity index (χ1n) is 8.01. The van der Waals surface area contributed by atoms with E-state index >= 15 is 0 Å². The molecular weight excluding hydrogens is 320 g/mol. The lowest BCUT2D eigenvalue weighted by molar-refractivity contribution is -0.0505. The topological polar surface area (TPSA) is 78.1 Å². The van der Waals surface area contributed by atoms with Gasteiger partial charge in [-0.3, -0.25) is 0 Å². The normalized spacial score (nSPS) is 13.4. The van der Waals surface area contributed by atoms with E-state index < -0.39 is 6.61 Å². The molecule has 2 rings (SSSR count). The van der Waals surface area contributed by atoms with Crippen LogP contribution in [0.25, 0.3) is 0 Å². The van der Waals surface area contributed by atoms with E-state index in [1.54, 1.807) is 6.07 Å². The third-order valence-electron chi connectivity index (χ3n) is 3.53. The number of fused-ring (bicyclic) bond motifs is 1. The molecule has 1 aromatic rings. The maximum atomic E-state index is 12.6. The van der Waals surface area contributed by atoms with Crippen LogP contribution in [0.3, 0.4) is 0 Å². The van der Waals surface area contributed by atoms with Crippen molar-refractivity contribution in [2.45, 2.75) is 45.8 Å². The van der Waals surface area contributed by atoms with Crippen LogP contribution < -0.4 is 25.3 Å². The first-order valence-corrected chi connectivity index (χ1v) is 8.01. The van der Waals surface area contributed by atoms with Crippen molar-refractivity contribution in [1.29, 1.82) is 0 Å². The molecular formula is C16H23F2N3O3. The predicted molar refractivity (Wildman–Crippen MR) is 86.7 cm³/mol. The fraction of sp³-hybridized carbons (Fsp3) is 0.562. The zero-order chi connectivity index (χ0) is 17.4. The highest BCUT2D eigenvalue weighted by Gasteiger charge is 2.19. The minimum Gasteiger partial charge on any atom is -0.454 e. The van der Waals surface area contributed by atoms with Crippen molar-refractivity contribution in [3.63, 3.8) is 0 Å². The Morgan fingerprint density at radius 1 is 1.29 bits per heavy atom. The van der Waals surface area contributed by atoms with E-state index in [4.69, 9.17) is 15.2 Å². The van der Waals surface area contributed by atoms with E-state index in [0.29, 0.717) is 17.1 Å². The molecule has 0 unspecified atom stereocenters. The van der Waals surface area contributed by atoms with Gasteiger partial charge in [-0.05, 0) is 12.5 Å². The van der Waals surface area contributed by atoms with Crippen LogP contribution in [-0.2, 0) is 6.54 Å². The van der Waals surface area contributed by atoms with Gasteiger partial charge in [0.25, 0.3) is 0 Å². The molecule has 0 aromatic heterocycles. The molecule has 0 spiro atoms. The molecule has 0 fully saturated rings. The molecule has 1 heterocycles. The van der Waals surface area contributed by atoms with Crippen molar-refractivity contribution in [2.75, 3.05) is 13.3 Å². The Kier molecular flexibility index (Phi) is 6.89. The van der Waals surface area contributed by atoms with Gasteiger partial charge in [0.05, 0.1) is 6.54 Å². The first-order chi connectivity index (χ1) is 11.6. The number of alkyl halides is 2. The summed E-state index contributed by atoms with van der Waals surface area (Å²) in [6.07, 6.45) is 4.49. The summed E-state index contributed by atoms with van der Waals surface area (Å²) in [6.45, 7) is 0.108. The summed E-state index contributed by atoms with van der Waals surface area (Å²) >= 11 is 0. The van der Waals surface area contributed by atoms with Gasteiger partial charge in [0, 0.05) is 18.2 Å². The molecule has 3 N–H and O–H groups in total. The standard InChI is InChI=1S/C16H23F2N3O3/c1-2-3-4-5-6-20-16(19)21-9-11-7-13-14(23-10-22-13)8-12(11)24-15(17)18/h7-8,15H,2-6,9-10H2,1H3,(H3,19,20,21). The molecule has 0 aliphatic carbocycles. The second-order valence-electron chi connectivity index (χ2n) is 5.38. The third kappa shape index (κ3) is 5.43. The predicted octanol–water partition coefficient (Wildman–Crippen LogP) is 3.00. The third-order valence-corrected chi connectivity index (χ3v) is 3.53. The number of halogens is 2. The number of hydrogen-bond acceptors (Lipinski definition) is 4. The van der Waals surface area contributed by atoms with Crippen LogP contribution in [0.1, 0.15) is 38.2 Å². The molecule has 8 heteroatoms. The molecule has 1 aliphatic heterocycles. The maximum absolute atomic E-state index is 12.6. The van der Waals surface area contributed by atoms with Crippen LogP contribution in [0.4, 0.5) is 8.78 Å². The number of nitrogens with zero attached hydrogens (tertiary/aromatic N) is 1.